The molecule has 4 nitrogen and oxygen atoms in total. The van der Waals surface area contributed by atoms with E-state index in [-0.39, 0.29) is 5.92 Å². The van der Waals surface area contributed by atoms with Crippen LogP contribution >= 0.6 is 0 Å². The van der Waals surface area contributed by atoms with Crippen molar-refractivity contribution in [3.63, 3.8) is 0 Å². The molecule has 1 saturated heterocycles. The number of methoxy groups -OCH3 is 1. The molecule has 0 bridgehead atoms. The van der Waals surface area contributed by atoms with Crippen LogP contribution in [0, 0.1) is 5.92 Å². The van der Waals surface area contributed by atoms with Crippen LogP contribution in [0.1, 0.15) is 37.2 Å². The Bertz CT molecular complexity index is 483. The molecule has 4 heteroatoms. The molecule has 2 fully saturated rings. The summed E-state index contributed by atoms with van der Waals surface area (Å²) < 4.78 is 11.1. The molecule has 0 radical (unpaired) electrons. The normalized spacial score (nSPS) is 31.9. The largest absolute Gasteiger partial charge is 0.497 e. The highest BCUT2D eigenvalue weighted by Gasteiger charge is 2.40. The number of nitrogens with zero attached hydrogens (tertiary/aromatic N) is 1. The summed E-state index contributed by atoms with van der Waals surface area (Å²) in [6.45, 7) is 0.439. The van der Waals surface area contributed by atoms with Crippen LogP contribution in [0.2, 0.25) is 0 Å². The zero-order valence-corrected chi connectivity index (χ0v) is 11.8. The van der Waals surface area contributed by atoms with E-state index in [9.17, 15) is 5.21 Å². The molecule has 1 N–H and O–H groups in total. The van der Waals surface area contributed by atoms with Crippen molar-refractivity contribution >= 4 is 5.71 Å². The summed E-state index contributed by atoms with van der Waals surface area (Å²) in [5.74, 6) is 1.45. The third-order valence-electron chi connectivity index (χ3n) is 4.59. The second-order valence-electron chi connectivity index (χ2n) is 5.64. The van der Waals surface area contributed by atoms with Gasteiger partial charge >= 0.3 is 0 Å². The van der Waals surface area contributed by atoms with Gasteiger partial charge in [0.1, 0.15) is 5.75 Å². The fraction of sp³-hybridized carbons (Fsp3) is 0.562. The van der Waals surface area contributed by atoms with E-state index in [1.54, 1.807) is 7.11 Å². The number of benzene rings is 1. The second kappa shape index (κ2) is 5.83. The zero-order valence-electron chi connectivity index (χ0n) is 11.8. The fourth-order valence-electron chi connectivity index (χ4n) is 3.58. The molecule has 0 aromatic heterocycles. The minimum Gasteiger partial charge on any atom is -0.497 e. The van der Waals surface area contributed by atoms with Gasteiger partial charge in [0.15, 0.2) is 0 Å². The van der Waals surface area contributed by atoms with Crippen LogP contribution in [0.25, 0.3) is 0 Å². The molecule has 20 heavy (non-hydrogen) atoms. The molecule has 108 valence electrons. The standard InChI is InChI=1S/C16H21NO3/c1-19-12-8-6-11(7-9-12)16-13-4-2-3-5-15(13)20-10-14(16)17-18/h6-9,13,15-16,18H,2-5,10H2,1H3/b17-14-/t13-,15+,16+/m0/s1. The smallest absolute Gasteiger partial charge is 0.118 e. The summed E-state index contributed by atoms with van der Waals surface area (Å²) in [5.41, 5.74) is 1.94. The quantitative estimate of drug-likeness (QED) is 0.666. The van der Waals surface area contributed by atoms with E-state index in [2.05, 4.69) is 17.3 Å². The highest BCUT2D eigenvalue weighted by atomic mass is 16.5. The molecule has 1 aliphatic heterocycles. The first kappa shape index (κ1) is 13.4. The summed E-state index contributed by atoms with van der Waals surface area (Å²) >= 11 is 0. The maximum absolute atomic E-state index is 9.30. The predicted octanol–water partition coefficient (Wildman–Crippen LogP) is 3.20. The third-order valence-corrected chi connectivity index (χ3v) is 4.59. The van der Waals surface area contributed by atoms with Crippen LogP contribution < -0.4 is 4.74 Å². The van der Waals surface area contributed by atoms with Crippen LogP contribution in [-0.2, 0) is 4.74 Å². The summed E-state index contributed by atoms with van der Waals surface area (Å²) in [7, 11) is 1.67. The molecule has 0 spiro atoms. The fourth-order valence-corrected chi connectivity index (χ4v) is 3.58. The van der Waals surface area contributed by atoms with Crippen LogP contribution in [0.5, 0.6) is 5.75 Å². The highest BCUT2D eigenvalue weighted by molar-refractivity contribution is 5.92. The van der Waals surface area contributed by atoms with Gasteiger partial charge in [0.2, 0.25) is 0 Å². The minimum absolute atomic E-state index is 0.171. The number of hydrogen-bond donors (Lipinski definition) is 1. The molecule has 1 aromatic rings. The monoisotopic (exact) mass is 275 g/mol. The lowest BCUT2D eigenvalue weighted by molar-refractivity contribution is -0.0139. The Hall–Kier alpha value is -1.55. The van der Waals surface area contributed by atoms with Gasteiger partial charge in [0.05, 0.1) is 25.5 Å². The number of ether oxygens (including phenoxy) is 2. The Kier molecular flexibility index (Phi) is 3.92. The van der Waals surface area contributed by atoms with Crippen molar-refractivity contribution in [3.8, 4) is 5.75 Å². The van der Waals surface area contributed by atoms with Crippen molar-refractivity contribution in [2.45, 2.75) is 37.7 Å². The predicted molar refractivity (Wildman–Crippen MR) is 76.7 cm³/mol. The van der Waals surface area contributed by atoms with E-state index in [1.807, 2.05) is 12.1 Å². The Morgan fingerprint density at radius 1 is 1.20 bits per heavy atom. The summed E-state index contributed by atoms with van der Waals surface area (Å²) in [5, 5.41) is 12.8. The van der Waals surface area contributed by atoms with Gasteiger partial charge in [-0.15, -0.1) is 0 Å². The van der Waals surface area contributed by atoms with Gasteiger partial charge in [-0.2, -0.15) is 0 Å². The first-order valence-electron chi connectivity index (χ1n) is 7.30. The number of oxime groups is 1. The number of hydrogen-bond acceptors (Lipinski definition) is 4. The lowest BCUT2D eigenvalue weighted by Gasteiger charge is -2.41. The van der Waals surface area contributed by atoms with Gasteiger partial charge in [-0.1, -0.05) is 30.1 Å². The van der Waals surface area contributed by atoms with Crippen molar-refractivity contribution in [2.24, 2.45) is 11.1 Å². The molecule has 1 aliphatic carbocycles. The number of fused-ring (bicyclic) bond motifs is 1. The van der Waals surface area contributed by atoms with Crippen LogP contribution in [0.4, 0.5) is 0 Å². The number of rotatable bonds is 2. The highest BCUT2D eigenvalue weighted by Crippen LogP contribution is 2.42. The van der Waals surface area contributed by atoms with Crippen LogP contribution in [0.3, 0.4) is 0 Å². The van der Waals surface area contributed by atoms with Crippen molar-refractivity contribution in [1.29, 1.82) is 0 Å². The molecular formula is C16H21NO3. The van der Waals surface area contributed by atoms with E-state index in [0.717, 1.165) is 24.3 Å². The second-order valence-corrected chi connectivity index (χ2v) is 5.64. The van der Waals surface area contributed by atoms with Gasteiger partial charge in [0, 0.05) is 5.92 Å². The Labute approximate surface area is 119 Å². The van der Waals surface area contributed by atoms with E-state index < -0.39 is 0 Å². The average molecular weight is 275 g/mol. The van der Waals surface area contributed by atoms with Crippen LogP contribution in [0.15, 0.2) is 29.4 Å². The third kappa shape index (κ3) is 2.40. The minimum atomic E-state index is 0.171. The zero-order chi connectivity index (χ0) is 13.9. The molecule has 2 aliphatic rings. The maximum Gasteiger partial charge on any atom is 0.118 e. The molecule has 0 unspecified atom stereocenters. The molecule has 1 heterocycles. The first-order valence-corrected chi connectivity index (χ1v) is 7.30. The average Bonchev–Trinajstić information content (AvgIpc) is 2.54. The van der Waals surface area contributed by atoms with Gasteiger partial charge in [-0.25, -0.2) is 0 Å². The SMILES string of the molecule is COc1ccc([C@H]2/C(=N\O)CO[C@@H]3CCCC[C@H]23)cc1. The summed E-state index contributed by atoms with van der Waals surface area (Å²) in [6.07, 6.45) is 5.04. The Morgan fingerprint density at radius 3 is 2.65 bits per heavy atom. The lowest BCUT2D eigenvalue weighted by atomic mass is 9.71. The van der Waals surface area contributed by atoms with E-state index in [0.29, 0.717) is 18.6 Å². The van der Waals surface area contributed by atoms with Crippen molar-refractivity contribution in [2.75, 3.05) is 13.7 Å². The van der Waals surface area contributed by atoms with Crippen molar-refractivity contribution in [1.82, 2.24) is 0 Å². The van der Waals surface area contributed by atoms with Gasteiger partial charge in [0.25, 0.3) is 0 Å². The van der Waals surface area contributed by atoms with Crippen molar-refractivity contribution in [3.05, 3.63) is 29.8 Å². The summed E-state index contributed by atoms with van der Waals surface area (Å²) in [6, 6.07) is 8.09. The van der Waals surface area contributed by atoms with E-state index in [1.165, 1.54) is 18.4 Å². The maximum atomic E-state index is 9.30. The molecular weight excluding hydrogens is 254 g/mol. The van der Waals surface area contributed by atoms with E-state index >= 15 is 0 Å². The molecule has 1 saturated carbocycles. The summed E-state index contributed by atoms with van der Waals surface area (Å²) in [4.78, 5) is 0. The Balaban J connectivity index is 1.92. The molecule has 3 atom stereocenters. The first-order chi connectivity index (χ1) is 9.83. The van der Waals surface area contributed by atoms with Gasteiger partial charge in [-0.05, 0) is 36.5 Å². The van der Waals surface area contributed by atoms with Crippen LogP contribution in [-0.4, -0.2) is 30.7 Å². The van der Waals surface area contributed by atoms with Gasteiger partial charge < -0.3 is 14.7 Å². The lowest BCUT2D eigenvalue weighted by Crippen LogP contribution is -2.43. The molecule has 3 rings (SSSR count). The Morgan fingerprint density at radius 2 is 1.95 bits per heavy atom. The molecule has 1 aromatic carbocycles. The topological polar surface area (TPSA) is 51.0 Å². The molecule has 0 amide bonds. The van der Waals surface area contributed by atoms with Gasteiger partial charge in [-0.3, -0.25) is 0 Å². The van der Waals surface area contributed by atoms with Crippen molar-refractivity contribution < 1.29 is 14.7 Å². The van der Waals surface area contributed by atoms with E-state index in [4.69, 9.17) is 9.47 Å².